The third-order valence-electron chi connectivity index (χ3n) is 5.00. The maximum absolute atomic E-state index is 12.8. The lowest BCUT2D eigenvalue weighted by Gasteiger charge is -2.19. The van der Waals surface area contributed by atoms with Gasteiger partial charge < -0.3 is 14.0 Å². The van der Waals surface area contributed by atoms with Crippen molar-refractivity contribution in [2.75, 3.05) is 13.7 Å². The lowest BCUT2D eigenvalue weighted by molar-refractivity contribution is -0.138. The molecule has 1 atom stereocenters. The molecule has 0 bridgehead atoms. The second kappa shape index (κ2) is 9.30. The van der Waals surface area contributed by atoms with E-state index in [1.807, 2.05) is 61.5 Å². The summed E-state index contributed by atoms with van der Waals surface area (Å²) in [7, 11) is 1.62. The number of methoxy groups -OCH3 is 1. The molecule has 0 radical (unpaired) electrons. The number of hydrogen-bond donors (Lipinski definition) is 0. The Morgan fingerprint density at radius 1 is 1.19 bits per heavy atom. The molecule has 4 rings (SSSR count). The summed E-state index contributed by atoms with van der Waals surface area (Å²) in [5.74, 6) is 1.13. The van der Waals surface area contributed by atoms with Gasteiger partial charge >= 0.3 is 0 Å². The lowest BCUT2D eigenvalue weighted by Crippen LogP contribution is -2.29. The fraction of sp³-hybridized carbons (Fsp3) is 0.208. The van der Waals surface area contributed by atoms with Gasteiger partial charge in [0.1, 0.15) is 17.6 Å². The van der Waals surface area contributed by atoms with Crippen LogP contribution in [-0.2, 0) is 9.63 Å². The molecule has 1 aliphatic heterocycles. The minimum Gasteiger partial charge on any atom is -0.497 e. The molecule has 0 N–H and O–H groups in total. The smallest absolute Gasteiger partial charge is 0.284 e. The second-order valence-corrected chi connectivity index (χ2v) is 7.17. The van der Waals surface area contributed by atoms with Crippen molar-refractivity contribution in [2.45, 2.75) is 19.4 Å². The standard InChI is InChI=1S/C24H23N3O4/c1-17-5-7-18(8-6-17)15-25-31-16-24(28)27-22(23-4-3-13-30-23)14-21(26-27)19-9-11-20(29-2)12-10-19/h3-13,15,22H,14,16H2,1-2H3/b25-15-/t22-/m1/s1. The van der Waals surface area contributed by atoms with E-state index in [2.05, 4.69) is 10.3 Å². The van der Waals surface area contributed by atoms with Gasteiger partial charge in [-0.05, 0) is 54.4 Å². The first-order chi connectivity index (χ1) is 15.1. The Morgan fingerprint density at radius 3 is 2.65 bits per heavy atom. The van der Waals surface area contributed by atoms with E-state index in [9.17, 15) is 4.79 Å². The number of amides is 1. The molecule has 0 saturated carbocycles. The highest BCUT2D eigenvalue weighted by molar-refractivity contribution is 6.03. The van der Waals surface area contributed by atoms with Crippen LogP contribution in [0.5, 0.6) is 5.75 Å². The summed E-state index contributed by atoms with van der Waals surface area (Å²) in [5.41, 5.74) is 3.77. The average Bonchev–Trinajstić information content (AvgIpc) is 3.48. The number of hydrogen-bond acceptors (Lipinski definition) is 6. The highest BCUT2D eigenvalue weighted by Crippen LogP contribution is 2.33. The van der Waals surface area contributed by atoms with Crippen LogP contribution in [0.25, 0.3) is 0 Å². The number of oxime groups is 1. The topological polar surface area (TPSA) is 76.6 Å². The molecule has 0 spiro atoms. The summed E-state index contributed by atoms with van der Waals surface area (Å²) >= 11 is 0. The number of rotatable bonds is 7. The van der Waals surface area contributed by atoms with Gasteiger partial charge in [0.25, 0.3) is 5.91 Å². The van der Waals surface area contributed by atoms with Crippen molar-refractivity contribution in [2.24, 2.45) is 10.3 Å². The Labute approximate surface area is 180 Å². The maximum Gasteiger partial charge on any atom is 0.284 e. The predicted molar refractivity (Wildman–Crippen MR) is 117 cm³/mol. The monoisotopic (exact) mass is 417 g/mol. The van der Waals surface area contributed by atoms with Gasteiger partial charge in [-0.3, -0.25) is 4.79 Å². The highest BCUT2D eigenvalue weighted by atomic mass is 16.6. The fourth-order valence-electron chi connectivity index (χ4n) is 3.31. The summed E-state index contributed by atoms with van der Waals surface area (Å²) in [4.78, 5) is 18.1. The normalized spacial score (nSPS) is 15.9. The van der Waals surface area contributed by atoms with Gasteiger partial charge in [-0.2, -0.15) is 5.10 Å². The first kappa shape index (κ1) is 20.4. The van der Waals surface area contributed by atoms with Crippen LogP contribution in [0.3, 0.4) is 0 Å². The summed E-state index contributed by atoms with van der Waals surface area (Å²) in [5, 5.41) is 9.89. The molecule has 1 aliphatic rings. The van der Waals surface area contributed by atoms with Gasteiger partial charge in [-0.15, -0.1) is 0 Å². The summed E-state index contributed by atoms with van der Waals surface area (Å²) in [6, 6.07) is 18.7. The average molecular weight is 417 g/mol. The van der Waals surface area contributed by atoms with Gasteiger partial charge in [-0.1, -0.05) is 35.0 Å². The minimum atomic E-state index is -0.329. The molecule has 0 aliphatic carbocycles. The van der Waals surface area contributed by atoms with Crippen molar-refractivity contribution in [3.05, 3.63) is 89.4 Å². The van der Waals surface area contributed by atoms with Gasteiger partial charge in [0.2, 0.25) is 0 Å². The molecule has 1 aromatic heterocycles. The zero-order valence-corrected chi connectivity index (χ0v) is 17.4. The van der Waals surface area contributed by atoms with Crippen molar-refractivity contribution in [1.29, 1.82) is 0 Å². The highest BCUT2D eigenvalue weighted by Gasteiger charge is 2.35. The van der Waals surface area contributed by atoms with Gasteiger partial charge in [0, 0.05) is 6.42 Å². The van der Waals surface area contributed by atoms with Gasteiger partial charge in [0.15, 0.2) is 6.61 Å². The second-order valence-electron chi connectivity index (χ2n) is 7.17. The van der Waals surface area contributed by atoms with Crippen LogP contribution < -0.4 is 4.74 Å². The molecule has 0 unspecified atom stereocenters. The summed E-state index contributed by atoms with van der Waals surface area (Å²) < 4.78 is 10.8. The third kappa shape index (κ3) is 4.83. The van der Waals surface area contributed by atoms with Crippen molar-refractivity contribution in [3.8, 4) is 5.75 Å². The van der Waals surface area contributed by atoms with Crippen LogP contribution in [0.1, 0.15) is 34.9 Å². The van der Waals surface area contributed by atoms with E-state index in [1.54, 1.807) is 25.7 Å². The zero-order valence-electron chi connectivity index (χ0n) is 17.4. The van der Waals surface area contributed by atoms with E-state index in [0.29, 0.717) is 12.2 Å². The van der Waals surface area contributed by atoms with Crippen LogP contribution in [-0.4, -0.2) is 36.6 Å². The number of aryl methyl sites for hydroxylation is 1. The Kier molecular flexibility index (Phi) is 6.12. The van der Waals surface area contributed by atoms with Crippen molar-refractivity contribution in [1.82, 2.24) is 5.01 Å². The molecule has 1 amide bonds. The molecule has 2 aromatic carbocycles. The third-order valence-corrected chi connectivity index (χ3v) is 5.00. The Bertz CT molecular complexity index is 1070. The number of furan rings is 1. The Balaban J connectivity index is 1.46. The molecule has 0 saturated heterocycles. The maximum atomic E-state index is 12.8. The number of nitrogens with zero attached hydrogens (tertiary/aromatic N) is 3. The Hall–Kier alpha value is -3.87. The van der Waals surface area contributed by atoms with Gasteiger partial charge in [0.05, 0.1) is 25.3 Å². The molecular formula is C24H23N3O4. The number of carbonyl (C=O) groups excluding carboxylic acids is 1. The molecule has 0 fully saturated rings. The van der Waals surface area contributed by atoms with Crippen LogP contribution >= 0.6 is 0 Å². The summed E-state index contributed by atoms with van der Waals surface area (Å²) in [6.07, 6.45) is 3.71. The SMILES string of the molecule is COc1ccc(C2=NN(C(=O)CO/N=C\c3ccc(C)cc3)[C@@H](c3ccco3)C2)cc1. The Morgan fingerprint density at radius 2 is 1.97 bits per heavy atom. The van der Waals surface area contributed by atoms with E-state index in [-0.39, 0.29) is 18.6 Å². The van der Waals surface area contributed by atoms with Crippen LogP contribution in [0.4, 0.5) is 0 Å². The van der Waals surface area contributed by atoms with Crippen LogP contribution in [0.2, 0.25) is 0 Å². The zero-order chi connectivity index (χ0) is 21.6. The van der Waals surface area contributed by atoms with E-state index >= 15 is 0 Å². The quantitative estimate of drug-likeness (QED) is 0.424. The van der Waals surface area contributed by atoms with E-state index in [1.165, 1.54) is 5.01 Å². The van der Waals surface area contributed by atoms with E-state index in [0.717, 1.165) is 28.2 Å². The van der Waals surface area contributed by atoms with E-state index < -0.39 is 0 Å². The minimum absolute atomic E-state index is 0.223. The van der Waals surface area contributed by atoms with Crippen LogP contribution in [0, 0.1) is 6.92 Å². The predicted octanol–water partition coefficient (Wildman–Crippen LogP) is 4.33. The number of benzene rings is 2. The molecular weight excluding hydrogens is 394 g/mol. The molecule has 3 aromatic rings. The number of hydrazone groups is 1. The summed E-state index contributed by atoms with van der Waals surface area (Å²) in [6.45, 7) is 1.79. The number of ether oxygens (including phenoxy) is 1. The lowest BCUT2D eigenvalue weighted by atomic mass is 10.0. The first-order valence-corrected chi connectivity index (χ1v) is 9.93. The molecule has 2 heterocycles. The van der Waals surface area contributed by atoms with Crippen molar-refractivity contribution < 1.29 is 18.8 Å². The largest absolute Gasteiger partial charge is 0.497 e. The van der Waals surface area contributed by atoms with Crippen molar-refractivity contribution in [3.63, 3.8) is 0 Å². The van der Waals surface area contributed by atoms with Gasteiger partial charge in [-0.25, -0.2) is 5.01 Å². The number of carbonyl (C=O) groups is 1. The molecule has 7 nitrogen and oxygen atoms in total. The fourth-order valence-corrected chi connectivity index (χ4v) is 3.31. The van der Waals surface area contributed by atoms with E-state index in [4.69, 9.17) is 14.0 Å². The molecule has 31 heavy (non-hydrogen) atoms. The molecule has 158 valence electrons. The van der Waals surface area contributed by atoms with Crippen LogP contribution in [0.15, 0.2) is 81.6 Å². The first-order valence-electron chi connectivity index (χ1n) is 9.93. The molecule has 7 heteroatoms. The van der Waals surface area contributed by atoms with Crippen molar-refractivity contribution >= 4 is 17.8 Å².